The monoisotopic (exact) mass is 281 g/mol. The van der Waals surface area contributed by atoms with Crippen LogP contribution < -0.4 is 5.32 Å². The van der Waals surface area contributed by atoms with E-state index in [1.807, 2.05) is 18.4 Å². The highest BCUT2D eigenvalue weighted by Crippen LogP contribution is 2.41. The second-order valence-corrected chi connectivity index (χ2v) is 6.25. The van der Waals surface area contributed by atoms with Crippen molar-refractivity contribution in [1.29, 1.82) is 0 Å². The van der Waals surface area contributed by atoms with Crippen LogP contribution in [-0.2, 0) is 11.2 Å². The van der Waals surface area contributed by atoms with E-state index in [1.54, 1.807) is 0 Å². The molecule has 96 valence electrons. The fourth-order valence-corrected chi connectivity index (χ4v) is 4.03. The zero-order valence-electron chi connectivity index (χ0n) is 10.5. The Balaban J connectivity index is 2.20. The highest BCUT2D eigenvalue weighted by molar-refractivity contribution is 7.19. The summed E-state index contributed by atoms with van der Waals surface area (Å²) in [5, 5.41) is 5.32. The summed E-state index contributed by atoms with van der Waals surface area (Å²) < 4.78 is 7.21. The van der Waals surface area contributed by atoms with Gasteiger partial charge in [-0.15, -0.1) is 11.3 Å². The SMILES string of the molecule is CNCC1OCCc2sc3cc(C)c(Cl)cc3c21. The van der Waals surface area contributed by atoms with E-state index in [0.29, 0.717) is 0 Å². The Morgan fingerprint density at radius 2 is 2.33 bits per heavy atom. The average Bonchev–Trinajstić information content (AvgIpc) is 2.69. The summed E-state index contributed by atoms with van der Waals surface area (Å²) in [6.07, 6.45) is 1.18. The molecule has 1 aromatic carbocycles. The predicted molar refractivity (Wildman–Crippen MR) is 77.9 cm³/mol. The summed E-state index contributed by atoms with van der Waals surface area (Å²) in [4.78, 5) is 1.46. The van der Waals surface area contributed by atoms with Crippen molar-refractivity contribution in [3.05, 3.63) is 33.2 Å². The molecule has 4 heteroatoms. The van der Waals surface area contributed by atoms with Gasteiger partial charge in [-0.3, -0.25) is 0 Å². The van der Waals surface area contributed by atoms with E-state index in [0.717, 1.165) is 30.2 Å². The van der Waals surface area contributed by atoms with Crippen LogP contribution >= 0.6 is 22.9 Å². The van der Waals surface area contributed by atoms with Crippen molar-refractivity contribution >= 4 is 33.0 Å². The number of nitrogens with one attached hydrogen (secondary N) is 1. The minimum atomic E-state index is 0.159. The largest absolute Gasteiger partial charge is 0.372 e. The van der Waals surface area contributed by atoms with Gasteiger partial charge in [-0.2, -0.15) is 0 Å². The Morgan fingerprint density at radius 1 is 1.50 bits per heavy atom. The van der Waals surface area contributed by atoms with Crippen molar-refractivity contribution in [3.63, 3.8) is 0 Å². The van der Waals surface area contributed by atoms with Gasteiger partial charge in [0.2, 0.25) is 0 Å². The highest BCUT2D eigenvalue weighted by atomic mass is 35.5. The summed E-state index contributed by atoms with van der Waals surface area (Å²) in [5.41, 5.74) is 2.49. The molecule has 0 aliphatic carbocycles. The lowest BCUT2D eigenvalue weighted by Gasteiger charge is -2.23. The van der Waals surface area contributed by atoms with Gasteiger partial charge in [-0.1, -0.05) is 11.6 Å². The number of thiophene rings is 1. The first-order valence-electron chi connectivity index (χ1n) is 6.18. The van der Waals surface area contributed by atoms with Gasteiger partial charge in [-0.05, 0) is 31.7 Å². The second-order valence-electron chi connectivity index (χ2n) is 4.70. The number of rotatable bonds is 2. The van der Waals surface area contributed by atoms with Gasteiger partial charge >= 0.3 is 0 Å². The van der Waals surface area contributed by atoms with Crippen LogP contribution in [0.2, 0.25) is 5.02 Å². The molecule has 0 amide bonds. The third-order valence-electron chi connectivity index (χ3n) is 3.44. The summed E-state index contributed by atoms with van der Waals surface area (Å²) in [7, 11) is 1.96. The van der Waals surface area contributed by atoms with Gasteiger partial charge in [0.25, 0.3) is 0 Å². The molecule has 1 aromatic heterocycles. The van der Waals surface area contributed by atoms with Crippen LogP contribution in [-0.4, -0.2) is 20.2 Å². The zero-order valence-corrected chi connectivity index (χ0v) is 12.1. The zero-order chi connectivity index (χ0) is 12.7. The first-order valence-corrected chi connectivity index (χ1v) is 7.37. The van der Waals surface area contributed by atoms with E-state index in [9.17, 15) is 0 Å². The van der Waals surface area contributed by atoms with Gasteiger partial charge in [0.05, 0.1) is 12.7 Å². The number of likely N-dealkylation sites (N-methyl/N-ethyl adjacent to an activating group) is 1. The van der Waals surface area contributed by atoms with Crippen LogP contribution in [0.3, 0.4) is 0 Å². The predicted octanol–water partition coefficient (Wildman–Crippen LogP) is 3.70. The van der Waals surface area contributed by atoms with E-state index >= 15 is 0 Å². The summed E-state index contributed by atoms with van der Waals surface area (Å²) in [5.74, 6) is 0. The Bertz CT molecular complexity index is 593. The molecule has 0 fully saturated rings. The van der Waals surface area contributed by atoms with Gasteiger partial charge in [-0.25, -0.2) is 0 Å². The molecule has 0 radical (unpaired) electrons. The molecular weight excluding hydrogens is 266 g/mol. The maximum absolute atomic E-state index is 6.26. The molecule has 1 unspecified atom stereocenters. The number of aryl methyl sites for hydroxylation is 1. The summed E-state index contributed by atoms with van der Waals surface area (Å²) in [6.45, 7) is 3.73. The Labute approximate surface area is 116 Å². The van der Waals surface area contributed by atoms with Gasteiger partial charge < -0.3 is 10.1 Å². The number of halogens is 1. The molecule has 1 aliphatic rings. The molecule has 0 bridgehead atoms. The molecule has 1 aliphatic heterocycles. The molecule has 0 spiro atoms. The van der Waals surface area contributed by atoms with Crippen molar-refractivity contribution in [2.75, 3.05) is 20.2 Å². The minimum absolute atomic E-state index is 0.159. The van der Waals surface area contributed by atoms with Crippen molar-refractivity contribution in [1.82, 2.24) is 5.32 Å². The molecular formula is C14H16ClNOS. The number of fused-ring (bicyclic) bond motifs is 3. The summed E-state index contributed by atoms with van der Waals surface area (Å²) in [6, 6.07) is 4.29. The van der Waals surface area contributed by atoms with Gasteiger partial charge in [0.1, 0.15) is 0 Å². The maximum Gasteiger partial charge on any atom is 0.0965 e. The fraction of sp³-hybridized carbons (Fsp3) is 0.429. The molecule has 18 heavy (non-hydrogen) atoms. The lowest BCUT2D eigenvalue weighted by molar-refractivity contribution is 0.0462. The topological polar surface area (TPSA) is 21.3 Å². The van der Waals surface area contributed by atoms with Crippen molar-refractivity contribution in [3.8, 4) is 0 Å². The third kappa shape index (κ3) is 1.95. The highest BCUT2D eigenvalue weighted by Gasteiger charge is 2.25. The molecule has 1 atom stereocenters. The minimum Gasteiger partial charge on any atom is -0.372 e. The number of benzene rings is 1. The van der Waals surface area contributed by atoms with Gasteiger partial charge in [0, 0.05) is 38.5 Å². The smallest absolute Gasteiger partial charge is 0.0965 e. The van der Waals surface area contributed by atoms with E-state index < -0.39 is 0 Å². The normalized spacial score (nSPS) is 19.2. The van der Waals surface area contributed by atoms with E-state index in [1.165, 1.54) is 20.5 Å². The molecule has 0 saturated carbocycles. The van der Waals surface area contributed by atoms with Crippen LogP contribution in [0.1, 0.15) is 22.1 Å². The van der Waals surface area contributed by atoms with Crippen LogP contribution in [0.25, 0.3) is 10.1 Å². The van der Waals surface area contributed by atoms with Crippen molar-refractivity contribution in [2.24, 2.45) is 0 Å². The Kier molecular flexibility index (Phi) is 3.32. The maximum atomic E-state index is 6.26. The Hall–Kier alpha value is -0.610. The van der Waals surface area contributed by atoms with Crippen molar-refractivity contribution in [2.45, 2.75) is 19.4 Å². The van der Waals surface area contributed by atoms with Crippen LogP contribution in [0.5, 0.6) is 0 Å². The van der Waals surface area contributed by atoms with Crippen LogP contribution in [0.4, 0.5) is 0 Å². The lowest BCUT2D eigenvalue weighted by atomic mass is 10.0. The van der Waals surface area contributed by atoms with E-state index in [4.69, 9.17) is 16.3 Å². The quantitative estimate of drug-likeness (QED) is 0.906. The number of hydrogen-bond acceptors (Lipinski definition) is 3. The molecule has 0 saturated heterocycles. The van der Waals surface area contributed by atoms with E-state index in [2.05, 4.69) is 24.4 Å². The Morgan fingerprint density at radius 3 is 3.11 bits per heavy atom. The fourth-order valence-electron chi connectivity index (χ4n) is 2.55. The standard InChI is InChI=1S/C14H16ClNOS/c1-8-5-13-9(6-10(8)15)14-11(7-16-2)17-4-3-12(14)18-13/h5-6,11,16H,3-4,7H2,1-2H3. The number of hydrogen-bond donors (Lipinski definition) is 1. The lowest BCUT2D eigenvalue weighted by Crippen LogP contribution is -2.24. The van der Waals surface area contributed by atoms with Crippen LogP contribution in [0.15, 0.2) is 12.1 Å². The molecule has 1 N–H and O–H groups in total. The first-order chi connectivity index (χ1) is 8.70. The van der Waals surface area contributed by atoms with E-state index in [-0.39, 0.29) is 6.10 Å². The third-order valence-corrected chi connectivity index (χ3v) is 5.08. The molecule has 2 aromatic rings. The first kappa shape index (κ1) is 12.4. The average molecular weight is 282 g/mol. The number of ether oxygens (including phenoxy) is 1. The van der Waals surface area contributed by atoms with Gasteiger partial charge in [0.15, 0.2) is 0 Å². The molecule has 2 heterocycles. The second kappa shape index (κ2) is 4.82. The molecule has 3 rings (SSSR count). The summed E-state index contributed by atoms with van der Waals surface area (Å²) >= 11 is 8.15. The van der Waals surface area contributed by atoms with Crippen molar-refractivity contribution < 1.29 is 4.74 Å². The molecule has 2 nitrogen and oxygen atoms in total. The van der Waals surface area contributed by atoms with Crippen LogP contribution in [0, 0.1) is 6.92 Å².